The number of hydrogen-bond donors (Lipinski definition) is 1. The Morgan fingerprint density at radius 1 is 1.18 bits per heavy atom. The molecule has 1 saturated heterocycles. The van der Waals surface area contributed by atoms with Crippen molar-refractivity contribution >= 4 is 11.8 Å². The summed E-state index contributed by atoms with van der Waals surface area (Å²) in [5.74, 6) is 0.517. The summed E-state index contributed by atoms with van der Waals surface area (Å²) in [7, 11) is 0. The minimum atomic E-state index is -0.0378. The monoisotopic (exact) mass is 377 g/mol. The van der Waals surface area contributed by atoms with Crippen molar-refractivity contribution in [3.05, 3.63) is 65.2 Å². The van der Waals surface area contributed by atoms with Gasteiger partial charge in [-0.25, -0.2) is 0 Å². The first-order valence-electron chi connectivity index (χ1n) is 9.34. The van der Waals surface area contributed by atoms with Crippen LogP contribution in [0, 0.1) is 11.3 Å². The predicted molar refractivity (Wildman–Crippen MR) is 105 cm³/mol. The van der Waals surface area contributed by atoms with E-state index in [0.29, 0.717) is 30.0 Å². The fourth-order valence-corrected chi connectivity index (χ4v) is 3.33. The van der Waals surface area contributed by atoms with Gasteiger partial charge in [0.2, 0.25) is 5.91 Å². The molecule has 0 aromatic heterocycles. The van der Waals surface area contributed by atoms with Gasteiger partial charge in [0, 0.05) is 37.2 Å². The van der Waals surface area contributed by atoms with Gasteiger partial charge in [-0.2, -0.15) is 5.26 Å². The standard InChI is InChI=1S/C22H23N3O3/c1-16(26)24-20-9-11-25(12-10-20)22(27)17-7-4-8-21(13-17)28-15-19-6-3-2-5-18(19)14-23/h2-8,13,20H,9-12,15H2,1H3,(H,24,26). The molecule has 0 unspecified atom stereocenters. The summed E-state index contributed by atoms with van der Waals surface area (Å²) in [5, 5.41) is 12.1. The van der Waals surface area contributed by atoms with Crippen LogP contribution < -0.4 is 10.1 Å². The Hall–Kier alpha value is -3.33. The summed E-state index contributed by atoms with van der Waals surface area (Å²) < 4.78 is 5.80. The number of likely N-dealkylation sites (tertiary alicyclic amines) is 1. The van der Waals surface area contributed by atoms with E-state index in [4.69, 9.17) is 10.00 Å². The summed E-state index contributed by atoms with van der Waals surface area (Å²) in [6, 6.07) is 16.7. The number of amides is 2. The number of nitrogens with zero attached hydrogens (tertiary/aromatic N) is 2. The van der Waals surface area contributed by atoms with Crippen molar-refractivity contribution in [3.8, 4) is 11.8 Å². The summed E-state index contributed by atoms with van der Waals surface area (Å²) in [4.78, 5) is 25.8. The normalized spacial score (nSPS) is 14.2. The highest BCUT2D eigenvalue weighted by molar-refractivity contribution is 5.94. The Bertz CT molecular complexity index is 896. The van der Waals surface area contributed by atoms with Crippen LogP contribution in [0.15, 0.2) is 48.5 Å². The summed E-state index contributed by atoms with van der Waals surface area (Å²) in [6.07, 6.45) is 1.51. The average molecular weight is 377 g/mol. The van der Waals surface area contributed by atoms with Crippen molar-refractivity contribution in [2.75, 3.05) is 13.1 Å². The molecule has 3 rings (SSSR count). The third-order valence-electron chi connectivity index (χ3n) is 4.80. The van der Waals surface area contributed by atoms with E-state index in [2.05, 4.69) is 11.4 Å². The highest BCUT2D eigenvalue weighted by atomic mass is 16.5. The van der Waals surface area contributed by atoms with Crippen LogP contribution in [-0.4, -0.2) is 35.8 Å². The van der Waals surface area contributed by atoms with Gasteiger partial charge in [0.25, 0.3) is 5.91 Å². The molecule has 1 aliphatic rings. The molecule has 6 heteroatoms. The number of carbonyl (C=O) groups is 2. The molecule has 2 amide bonds. The Kier molecular flexibility index (Phi) is 6.28. The summed E-state index contributed by atoms with van der Waals surface area (Å²) in [6.45, 7) is 3.01. The van der Waals surface area contributed by atoms with Gasteiger partial charge in [-0.1, -0.05) is 24.3 Å². The molecule has 1 N–H and O–H groups in total. The number of nitrogens with one attached hydrogen (secondary N) is 1. The van der Waals surface area contributed by atoms with Crippen molar-refractivity contribution in [3.63, 3.8) is 0 Å². The van der Waals surface area contributed by atoms with Gasteiger partial charge in [0.05, 0.1) is 11.6 Å². The van der Waals surface area contributed by atoms with Crippen LogP contribution in [0.3, 0.4) is 0 Å². The molecule has 0 saturated carbocycles. The maximum Gasteiger partial charge on any atom is 0.253 e. The molecule has 1 heterocycles. The zero-order valence-electron chi connectivity index (χ0n) is 15.9. The van der Waals surface area contributed by atoms with Gasteiger partial charge in [-0.3, -0.25) is 9.59 Å². The van der Waals surface area contributed by atoms with Gasteiger partial charge in [0.15, 0.2) is 0 Å². The molecule has 0 spiro atoms. The summed E-state index contributed by atoms with van der Waals surface area (Å²) >= 11 is 0. The molecule has 1 fully saturated rings. The third-order valence-corrected chi connectivity index (χ3v) is 4.80. The molecule has 0 atom stereocenters. The molecule has 0 aliphatic carbocycles. The molecular weight excluding hydrogens is 354 g/mol. The number of carbonyl (C=O) groups excluding carboxylic acids is 2. The van der Waals surface area contributed by atoms with Crippen molar-refractivity contribution in [2.45, 2.75) is 32.4 Å². The molecule has 0 radical (unpaired) electrons. The first kappa shape index (κ1) is 19.4. The smallest absolute Gasteiger partial charge is 0.253 e. The lowest BCUT2D eigenvalue weighted by molar-refractivity contribution is -0.119. The zero-order valence-corrected chi connectivity index (χ0v) is 15.9. The topological polar surface area (TPSA) is 82.4 Å². The Morgan fingerprint density at radius 3 is 2.64 bits per heavy atom. The van der Waals surface area contributed by atoms with E-state index in [1.807, 2.05) is 23.1 Å². The van der Waals surface area contributed by atoms with Crippen molar-refractivity contribution in [1.29, 1.82) is 5.26 Å². The average Bonchev–Trinajstić information content (AvgIpc) is 2.72. The van der Waals surface area contributed by atoms with Crippen LogP contribution in [-0.2, 0) is 11.4 Å². The van der Waals surface area contributed by atoms with E-state index < -0.39 is 0 Å². The highest BCUT2D eigenvalue weighted by Gasteiger charge is 2.24. The lowest BCUT2D eigenvalue weighted by atomic mass is 10.0. The number of rotatable bonds is 5. The maximum absolute atomic E-state index is 12.8. The van der Waals surface area contributed by atoms with Crippen molar-refractivity contribution < 1.29 is 14.3 Å². The van der Waals surface area contributed by atoms with E-state index in [1.165, 1.54) is 6.92 Å². The molecule has 1 aliphatic heterocycles. The van der Waals surface area contributed by atoms with E-state index in [0.717, 1.165) is 18.4 Å². The second kappa shape index (κ2) is 9.05. The van der Waals surface area contributed by atoms with E-state index in [1.54, 1.807) is 30.3 Å². The fourth-order valence-electron chi connectivity index (χ4n) is 3.33. The molecule has 144 valence electrons. The Balaban J connectivity index is 1.61. The number of ether oxygens (including phenoxy) is 1. The number of nitriles is 1. The van der Waals surface area contributed by atoms with Gasteiger partial charge in [0.1, 0.15) is 12.4 Å². The Labute approximate surface area is 164 Å². The number of piperidine rings is 1. The largest absolute Gasteiger partial charge is 0.489 e. The van der Waals surface area contributed by atoms with Gasteiger partial charge in [-0.15, -0.1) is 0 Å². The number of hydrogen-bond acceptors (Lipinski definition) is 4. The van der Waals surface area contributed by atoms with Gasteiger partial charge in [-0.05, 0) is 37.1 Å². The van der Waals surface area contributed by atoms with Crippen LogP contribution >= 0.6 is 0 Å². The molecule has 2 aromatic rings. The van der Waals surface area contributed by atoms with E-state index in [-0.39, 0.29) is 24.5 Å². The van der Waals surface area contributed by atoms with Crippen LogP contribution in [0.1, 0.15) is 41.3 Å². The van der Waals surface area contributed by atoms with E-state index in [9.17, 15) is 9.59 Å². The van der Waals surface area contributed by atoms with Crippen molar-refractivity contribution in [2.24, 2.45) is 0 Å². The Morgan fingerprint density at radius 2 is 1.93 bits per heavy atom. The zero-order chi connectivity index (χ0) is 19.9. The van der Waals surface area contributed by atoms with Gasteiger partial charge < -0.3 is 15.0 Å². The molecular formula is C22H23N3O3. The van der Waals surface area contributed by atoms with Crippen LogP contribution in [0.5, 0.6) is 5.75 Å². The molecule has 2 aromatic carbocycles. The quantitative estimate of drug-likeness (QED) is 0.869. The number of benzene rings is 2. The first-order chi connectivity index (χ1) is 13.6. The predicted octanol–water partition coefficient (Wildman–Crippen LogP) is 2.88. The summed E-state index contributed by atoms with van der Waals surface area (Å²) in [5.41, 5.74) is 1.96. The lowest BCUT2D eigenvalue weighted by Gasteiger charge is -2.32. The van der Waals surface area contributed by atoms with Crippen LogP contribution in [0.25, 0.3) is 0 Å². The molecule has 28 heavy (non-hydrogen) atoms. The SMILES string of the molecule is CC(=O)NC1CCN(C(=O)c2cccc(OCc3ccccc3C#N)c2)CC1. The first-order valence-corrected chi connectivity index (χ1v) is 9.34. The lowest BCUT2D eigenvalue weighted by Crippen LogP contribution is -2.46. The molecule has 6 nitrogen and oxygen atoms in total. The third kappa shape index (κ3) is 4.89. The minimum absolute atomic E-state index is 0.0346. The fraction of sp³-hybridized carbons (Fsp3) is 0.318. The minimum Gasteiger partial charge on any atom is -0.489 e. The van der Waals surface area contributed by atoms with E-state index >= 15 is 0 Å². The van der Waals surface area contributed by atoms with Crippen LogP contribution in [0.2, 0.25) is 0 Å². The van der Waals surface area contributed by atoms with Gasteiger partial charge >= 0.3 is 0 Å². The second-order valence-electron chi connectivity index (χ2n) is 6.85. The van der Waals surface area contributed by atoms with Crippen LogP contribution in [0.4, 0.5) is 0 Å². The second-order valence-corrected chi connectivity index (χ2v) is 6.85. The maximum atomic E-state index is 12.8. The highest BCUT2D eigenvalue weighted by Crippen LogP contribution is 2.20. The van der Waals surface area contributed by atoms with Crippen molar-refractivity contribution in [1.82, 2.24) is 10.2 Å². The molecule has 0 bridgehead atoms.